The summed E-state index contributed by atoms with van der Waals surface area (Å²) in [6.07, 6.45) is 0. The molecular weight excluding hydrogens is 283 g/mol. The van der Waals surface area contributed by atoms with Crippen molar-refractivity contribution in [3.63, 3.8) is 0 Å². The first kappa shape index (κ1) is 12.6. The number of anilines is 1. The second-order valence-corrected chi connectivity index (χ2v) is 4.48. The first-order chi connectivity index (χ1) is 9.65. The Hall–Kier alpha value is -2.47. The molecule has 5 nitrogen and oxygen atoms in total. The lowest BCUT2D eigenvalue weighted by Crippen LogP contribution is -2.21. The number of carbonyl (C=O) groups is 1. The van der Waals surface area contributed by atoms with Crippen molar-refractivity contribution in [3.8, 4) is 0 Å². The smallest absolute Gasteiger partial charge is 0.303 e. The third-order valence-electron chi connectivity index (χ3n) is 2.72. The molecule has 3 rings (SSSR count). The lowest BCUT2D eigenvalue weighted by molar-refractivity contribution is 0.251. The van der Waals surface area contributed by atoms with E-state index < -0.39 is 11.8 Å². The van der Waals surface area contributed by atoms with Crippen LogP contribution in [-0.4, -0.2) is 21.0 Å². The quantitative estimate of drug-likeness (QED) is 0.748. The molecule has 0 spiro atoms. The van der Waals surface area contributed by atoms with E-state index >= 15 is 0 Å². The Bertz CT molecular complexity index is 802. The van der Waals surface area contributed by atoms with E-state index in [1.54, 1.807) is 24.3 Å². The van der Waals surface area contributed by atoms with Crippen molar-refractivity contribution < 1.29 is 9.18 Å². The average Bonchev–Trinajstić information content (AvgIpc) is 2.84. The lowest BCUT2D eigenvalue weighted by atomic mass is 10.3. The van der Waals surface area contributed by atoms with Gasteiger partial charge in [-0.05, 0) is 30.3 Å². The first-order valence-electron chi connectivity index (χ1n) is 5.72. The number of hydrogen-bond donors (Lipinski definition) is 1. The fourth-order valence-corrected chi connectivity index (χ4v) is 1.94. The molecule has 1 aromatic heterocycles. The van der Waals surface area contributed by atoms with Crippen LogP contribution >= 0.6 is 11.6 Å². The predicted octanol–water partition coefficient (Wildman–Crippen LogP) is 3.30. The van der Waals surface area contributed by atoms with Gasteiger partial charge in [-0.15, -0.1) is 5.10 Å². The van der Waals surface area contributed by atoms with E-state index in [4.69, 9.17) is 11.6 Å². The molecule has 0 saturated heterocycles. The second-order valence-electron chi connectivity index (χ2n) is 4.04. The fraction of sp³-hybridized carbons (Fsp3) is 0. The maximum Gasteiger partial charge on any atom is 0.348 e. The summed E-state index contributed by atoms with van der Waals surface area (Å²) in [5.41, 5.74) is 1.06. The molecule has 0 bridgehead atoms. The number of fused-ring (bicyclic) bond motifs is 1. The van der Waals surface area contributed by atoms with Gasteiger partial charge in [0.1, 0.15) is 11.3 Å². The maximum atomic E-state index is 13.5. The number of halogens is 2. The van der Waals surface area contributed by atoms with Crippen molar-refractivity contribution in [2.24, 2.45) is 0 Å². The molecule has 0 fully saturated rings. The third kappa shape index (κ3) is 2.21. The van der Waals surface area contributed by atoms with Crippen molar-refractivity contribution in [2.45, 2.75) is 0 Å². The molecule has 0 atom stereocenters. The number of carbonyl (C=O) groups excluding carboxylic acids is 1. The Morgan fingerprint density at radius 2 is 2.05 bits per heavy atom. The average molecular weight is 291 g/mol. The van der Waals surface area contributed by atoms with Crippen LogP contribution in [0.3, 0.4) is 0 Å². The van der Waals surface area contributed by atoms with E-state index in [0.29, 0.717) is 16.1 Å². The zero-order chi connectivity index (χ0) is 14.1. The monoisotopic (exact) mass is 290 g/mol. The highest BCUT2D eigenvalue weighted by Gasteiger charge is 2.13. The van der Waals surface area contributed by atoms with Crippen molar-refractivity contribution in [2.75, 3.05) is 5.32 Å². The summed E-state index contributed by atoms with van der Waals surface area (Å²) < 4.78 is 14.5. The van der Waals surface area contributed by atoms with E-state index in [1.165, 1.54) is 18.2 Å². The van der Waals surface area contributed by atoms with Crippen LogP contribution in [0.4, 0.5) is 14.9 Å². The van der Waals surface area contributed by atoms with Gasteiger partial charge >= 0.3 is 6.03 Å². The second kappa shape index (κ2) is 4.90. The molecule has 0 aliphatic heterocycles. The fourth-order valence-electron chi connectivity index (χ4n) is 1.78. The molecule has 0 saturated carbocycles. The molecule has 2 aromatic carbocycles. The minimum Gasteiger partial charge on any atom is -0.303 e. The molecule has 100 valence electrons. The standard InChI is InChI=1S/C13H8ClFN4O/c14-8-5-6-12-11(7-8)17-18-19(12)13(20)16-10-4-2-1-3-9(10)15/h1-7H,(H,16,20). The molecular formula is C13H8ClFN4O. The van der Waals surface area contributed by atoms with Gasteiger partial charge in [-0.3, -0.25) is 0 Å². The molecule has 1 amide bonds. The summed E-state index contributed by atoms with van der Waals surface area (Å²) in [5.74, 6) is -0.520. The van der Waals surface area contributed by atoms with E-state index in [1.807, 2.05) is 0 Å². The summed E-state index contributed by atoms with van der Waals surface area (Å²) in [5, 5.41) is 10.5. The van der Waals surface area contributed by atoms with Gasteiger partial charge < -0.3 is 5.32 Å². The van der Waals surface area contributed by atoms with Crippen LogP contribution in [0.2, 0.25) is 5.02 Å². The van der Waals surface area contributed by atoms with Crippen LogP contribution in [0, 0.1) is 5.82 Å². The SMILES string of the molecule is O=C(Nc1ccccc1F)n1nnc2cc(Cl)ccc21. The van der Waals surface area contributed by atoms with Gasteiger partial charge in [-0.25, -0.2) is 9.18 Å². The minimum absolute atomic E-state index is 0.0788. The minimum atomic E-state index is -0.597. The molecule has 0 aliphatic rings. The number of aromatic nitrogens is 3. The summed E-state index contributed by atoms with van der Waals surface area (Å²) in [6.45, 7) is 0. The molecule has 20 heavy (non-hydrogen) atoms. The highest BCUT2D eigenvalue weighted by atomic mass is 35.5. The third-order valence-corrected chi connectivity index (χ3v) is 2.95. The van der Waals surface area contributed by atoms with E-state index in [-0.39, 0.29) is 5.69 Å². The lowest BCUT2D eigenvalue weighted by Gasteiger charge is -2.05. The van der Waals surface area contributed by atoms with Crippen LogP contribution in [0.5, 0.6) is 0 Å². The number of benzene rings is 2. The van der Waals surface area contributed by atoms with Crippen LogP contribution in [0.25, 0.3) is 11.0 Å². The van der Waals surface area contributed by atoms with E-state index in [9.17, 15) is 9.18 Å². The van der Waals surface area contributed by atoms with Gasteiger partial charge in [0.05, 0.1) is 11.2 Å². The predicted molar refractivity (Wildman–Crippen MR) is 73.4 cm³/mol. The van der Waals surface area contributed by atoms with Crippen LogP contribution < -0.4 is 5.32 Å². The number of hydrogen-bond acceptors (Lipinski definition) is 3. The van der Waals surface area contributed by atoms with Crippen LogP contribution in [-0.2, 0) is 0 Å². The molecule has 7 heteroatoms. The number of rotatable bonds is 1. The molecule has 0 radical (unpaired) electrons. The zero-order valence-electron chi connectivity index (χ0n) is 10.0. The maximum absolute atomic E-state index is 13.5. The summed E-state index contributed by atoms with van der Waals surface area (Å²) in [7, 11) is 0. The highest BCUT2D eigenvalue weighted by Crippen LogP contribution is 2.18. The van der Waals surface area contributed by atoms with Crippen molar-refractivity contribution in [1.29, 1.82) is 0 Å². The van der Waals surface area contributed by atoms with Crippen molar-refractivity contribution in [3.05, 3.63) is 53.3 Å². The highest BCUT2D eigenvalue weighted by molar-refractivity contribution is 6.31. The van der Waals surface area contributed by atoms with Gasteiger partial charge in [0.15, 0.2) is 0 Å². The Kier molecular flexibility index (Phi) is 3.08. The number of para-hydroxylation sites is 1. The Labute approximate surface area is 118 Å². The normalized spacial score (nSPS) is 10.7. The van der Waals surface area contributed by atoms with Gasteiger partial charge in [-0.1, -0.05) is 28.9 Å². The van der Waals surface area contributed by atoms with Crippen molar-refractivity contribution >= 4 is 34.4 Å². The van der Waals surface area contributed by atoms with E-state index in [2.05, 4.69) is 15.6 Å². The molecule has 0 unspecified atom stereocenters. The zero-order valence-corrected chi connectivity index (χ0v) is 10.8. The molecule has 1 N–H and O–H groups in total. The van der Waals surface area contributed by atoms with E-state index in [0.717, 1.165) is 4.68 Å². The van der Waals surface area contributed by atoms with Gasteiger partial charge in [-0.2, -0.15) is 4.68 Å². The largest absolute Gasteiger partial charge is 0.348 e. The van der Waals surface area contributed by atoms with Crippen LogP contribution in [0.15, 0.2) is 42.5 Å². The number of nitrogens with zero attached hydrogens (tertiary/aromatic N) is 3. The number of amides is 1. The first-order valence-corrected chi connectivity index (χ1v) is 6.10. The number of nitrogens with one attached hydrogen (secondary N) is 1. The molecule has 0 aliphatic carbocycles. The van der Waals surface area contributed by atoms with Crippen molar-refractivity contribution in [1.82, 2.24) is 15.0 Å². The Balaban J connectivity index is 1.95. The molecule has 3 aromatic rings. The Morgan fingerprint density at radius 3 is 2.85 bits per heavy atom. The van der Waals surface area contributed by atoms with Gasteiger partial charge in [0, 0.05) is 5.02 Å². The van der Waals surface area contributed by atoms with Gasteiger partial charge in [0.25, 0.3) is 0 Å². The summed E-state index contributed by atoms with van der Waals surface area (Å²) in [4.78, 5) is 12.1. The van der Waals surface area contributed by atoms with Gasteiger partial charge in [0.2, 0.25) is 0 Å². The Morgan fingerprint density at radius 1 is 1.25 bits per heavy atom. The summed E-state index contributed by atoms with van der Waals surface area (Å²) in [6, 6.07) is 10.1. The molecule has 1 heterocycles. The topological polar surface area (TPSA) is 59.8 Å². The van der Waals surface area contributed by atoms with Crippen LogP contribution in [0.1, 0.15) is 0 Å². The summed E-state index contributed by atoms with van der Waals surface area (Å²) >= 11 is 5.83.